The molecule has 1 spiro atoms. The average Bonchev–Trinajstić information content (AvgIpc) is 3.51. The van der Waals surface area contributed by atoms with E-state index in [1.165, 1.54) is 28.2 Å². The van der Waals surface area contributed by atoms with Crippen LogP contribution in [0, 0.1) is 5.41 Å². The quantitative estimate of drug-likeness (QED) is 0.225. The van der Waals surface area contributed by atoms with E-state index >= 15 is 0 Å². The van der Waals surface area contributed by atoms with Gasteiger partial charge in [0.15, 0.2) is 0 Å². The van der Waals surface area contributed by atoms with Gasteiger partial charge in [-0.05, 0) is 67.1 Å². The fourth-order valence-corrected chi connectivity index (χ4v) is 5.66. The Morgan fingerprint density at radius 1 is 1.17 bits per heavy atom. The van der Waals surface area contributed by atoms with Crippen molar-refractivity contribution in [2.75, 3.05) is 24.4 Å². The summed E-state index contributed by atoms with van der Waals surface area (Å²) in [7, 11) is 0. The standard InChI is InChI=1S/C24H32N4S2/c1-4-18-6-5-7-21(27-30-20-10-8-19(9-11-20)29-17(2)3)22(18)23(25)28-15-14-26-16-24(28)12-13-24/h5-11,17,25-27H,4,12-16H2,1-3H3. The molecule has 2 aromatic rings. The van der Waals surface area contributed by atoms with Crippen molar-refractivity contribution in [2.45, 2.75) is 60.6 Å². The molecule has 0 amide bonds. The minimum Gasteiger partial charge on any atom is -0.348 e. The molecule has 0 radical (unpaired) electrons. The largest absolute Gasteiger partial charge is 0.348 e. The zero-order valence-corrected chi connectivity index (χ0v) is 19.8. The van der Waals surface area contributed by atoms with Gasteiger partial charge < -0.3 is 14.9 Å². The molecule has 2 aliphatic rings. The van der Waals surface area contributed by atoms with Crippen LogP contribution in [0.15, 0.2) is 52.3 Å². The lowest BCUT2D eigenvalue weighted by Crippen LogP contribution is -2.55. The first-order valence-corrected chi connectivity index (χ1v) is 12.6. The Bertz CT molecular complexity index is 891. The number of aryl methyl sites for hydroxylation is 1. The summed E-state index contributed by atoms with van der Waals surface area (Å²) in [5.41, 5.74) is 3.51. The molecule has 1 saturated carbocycles. The van der Waals surface area contributed by atoms with Crippen molar-refractivity contribution in [2.24, 2.45) is 0 Å². The number of hydrogen-bond acceptors (Lipinski definition) is 5. The van der Waals surface area contributed by atoms with E-state index in [1.54, 1.807) is 11.9 Å². The van der Waals surface area contributed by atoms with E-state index in [0.29, 0.717) is 11.1 Å². The van der Waals surface area contributed by atoms with Crippen molar-refractivity contribution in [3.8, 4) is 0 Å². The number of piperazine rings is 1. The molecule has 4 rings (SSSR count). The maximum atomic E-state index is 9.13. The molecule has 1 saturated heterocycles. The van der Waals surface area contributed by atoms with Gasteiger partial charge in [0.05, 0.1) is 11.2 Å². The number of benzene rings is 2. The van der Waals surface area contributed by atoms with Crippen molar-refractivity contribution in [1.29, 1.82) is 5.41 Å². The molecule has 0 bridgehead atoms. The minimum atomic E-state index is 0.171. The molecule has 3 N–H and O–H groups in total. The first kappa shape index (κ1) is 21.6. The SMILES string of the molecule is CCc1cccc(NSc2ccc(SC(C)C)cc2)c1C(=N)N1CCNCC12CC2. The van der Waals surface area contributed by atoms with Crippen LogP contribution in [0.4, 0.5) is 5.69 Å². The summed E-state index contributed by atoms with van der Waals surface area (Å²) >= 11 is 3.51. The predicted molar refractivity (Wildman–Crippen MR) is 131 cm³/mol. The van der Waals surface area contributed by atoms with E-state index in [-0.39, 0.29) is 5.54 Å². The van der Waals surface area contributed by atoms with E-state index in [0.717, 1.165) is 37.3 Å². The van der Waals surface area contributed by atoms with Crippen LogP contribution in [0.5, 0.6) is 0 Å². The normalized spacial score (nSPS) is 17.4. The summed E-state index contributed by atoms with van der Waals surface area (Å²) in [6.45, 7) is 9.49. The van der Waals surface area contributed by atoms with Gasteiger partial charge in [0.2, 0.25) is 0 Å². The fourth-order valence-electron chi connectivity index (χ4n) is 4.15. The van der Waals surface area contributed by atoms with Gasteiger partial charge in [-0.3, -0.25) is 5.41 Å². The molecule has 4 nitrogen and oxygen atoms in total. The Hall–Kier alpha value is -1.63. The first-order chi connectivity index (χ1) is 14.5. The van der Waals surface area contributed by atoms with Crippen LogP contribution in [0.3, 0.4) is 0 Å². The van der Waals surface area contributed by atoms with E-state index in [9.17, 15) is 0 Å². The molecule has 0 atom stereocenters. The molecule has 1 heterocycles. The number of nitrogens with one attached hydrogen (secondary N) is 3. The lowest BCUT2D eigenvalue weighted by Gasteiger charge is -2.39. The van der Waals surface area contributed by atoms with Crippen LogP contribution in [0.2, 0.25) is 0 Å². The third kappa shape index (κ3) is 4.66. The number of amidine groups is 1. The number of thioether (sulfide) groups is 1. The molecule has 1 aliphatic heterocycles. The van der Waals surface area contributed by atoms with E-state index in [4.69, 9.17) is 5.41 Å². The Kier molecular flexibility index (Phi) is 6.66. The summed E-state index contributed by atoms with van der Waals surface area (Å²) in [6, 6.07) is 15.1. The Balaban J connectivity index is 1.53. The Morgan fingerprint density at radius 2 is 1.90 bits per heavy atom. The minimum absolute atomic E-state index is 0.171. The van der Waals surface area contributed by atoms with Gasteiger partial charge in [0, 0.05) is 40.2 Å². The van der Waals surface area contributed by atoms with E-state index < -0.39 is 0 Å². The van der Waals surface area contributed by atoms with Gasteiger partial charge in [0.1, 0.15) is 5.84 Å². The predicted octanol–water partition coefficient (Wildman–Crippen LogP) is 5.63. The van der Waals surface area contributed by atoms with Crippen LogP contribution < -0.4 is 10.0 Å². The lowest BCUT2D eigenvalue weighted by atomic mass is 9.99. The second-order valence-corrected chi connectivity index (χ2v) is 11.0. The maximum Gasteiger partial charge on any atom is 0.131 e. The van der Waals surface area contributed by atoms with Gasteiger partial charge in [-0.25, -0.2) is 0 Å². The van der Waals surface area contributed by atoms with Crippen molar-refractivity contribution >= 4 is 35.2 Å². The van der Waals surface area contributed by atoms with Gasteiger partial charge in [-0.15, -0.1) is 11.8 Å². The molecule has 1 aliphatic carbocycles. The smallest absolute Gasteiger partial charge is 0.131 e. The highest BCUT2D eigenvalue weighted by molar-refractivity contribution is 8.00. The summed E-state index contributed by atoms with van der Waals surface area (Å²) in [4.78, 5) is 4.84. The maximum absolute atomic E-state index is 9.13. The fraction of sp³-hybridized carbons (Fsp3) is 0.458. The van der Waals surface area contributed by atoms with Crippen LogP contribution in [0.1, 0.15) is 44.7 Å². The highest BCUT2D eigenvalue weighted by Crippen LogP contribution is 2.44. The van der Waals surface area contributed by atoms with Crippen LogP contribution in [-0.4, -0.2) is 41.2 Å². The Labute approximate surface area is 189 Å². The van der Waals surface area contributed by atoms with Crippen LogP contribution in [-0.2, 0) is 6.42 Å². The number of hydrogen-bond donors (Lipinski definition) is 3. The molecule has 2 fully saturated rings. The summed E-state index contributed by atoms with van der Waals surface area (Å²) < 4.78 is 3.56. The lowest BCUT2D eigenvalue weighted by molar-refractivity contribution is 0.237. The third-order valence-corrected chi connectivity index (χ3v) is 7.72. The summed E-state index contributed by atoms with van der Waals surface area (Å²) in [5.74, 6) is 0.679. The number of anilines is 1. The van der Waals surface area contributed by atoms with Gasteiger partial charge in [-0.1, -0.05) is 32.9 Å². The molecule has 30 heavy (non-hydrogen) atoms. The highest BCUT2D eigenvalue weighted by Gasteiger charge is 2.50. The van der Waals surface area contributed by atoms with Crippen molar-refractivity contribution in [3.63, 3.8) is 0 Å². The van der Waals surface area contributed by atoms with Gasteiger partial charge >= 0.3 is 0 Å². The summed E-state index contributed by atoms with van der Waals surface area (Å²) in [6.07, 6.45) is 3.31. The molecule has 160 valence electrons. The second-order valence-electron chi connectivity index (χ2n) is 8.44. The zero-order valence-electron chi connectivity index (χ0n) is 18.1. The second kappa shape index (κ2) is 9.25. The molecule has 0 unspecified atom stereocenters. The summed E-state index contributed by atoms with van der Waals surface area (Å²) in [5, 5.41) is 13.2. The van der Waals surface area contributed by atoms with Crippen LogP contribution >= 0.6 is 23.7 Å². The molecule has 2 aromatic carbocycles. The highest BCUT2D eigenvalue weighted by atomic mass is 32.2. The average molecular weight is 441 g/mol. The van der Waals surface area contributed by atoms with Crippen LogP contribution in [0.25, 0.3) is 0 Å². The van der Waals surface area contributed by atoms with E-state index in [2.05, 4.69) is 78.2 Å². The van der Waals surface area contributed by atoms with Gasteiger partial charge in [-0.2, -0.15) is 0 Å². The monoisotopic (exact) mass is 440 g/mol. The Morgan fingerprint density at radius 3 is 2.57 bits per heavy atom. The number of nitrogens with zero attached hydrogens (tertiary/aromatic N) is 1. The van der Waals surface area contributed by atoms with Crippen molar-refractivity contribution in [1.82, 2.24) is 10.2 Å². The molecule has 6 heteroatoms. The zero-order chi connectivity index (χ0) is 21.1. The first-order valence-electron chi connectivity index (χ1n) is 10.9. The van der Waals surface area contributed by atoms with Crippen molar-refractivity contribution in [3.05, 3.63) is 53.6 Å². The van der Waals surface area contributed by atoms with E-state index in [1.807, 2.05) is 11.8 Å². The van der Waals surface area contributed by atoms with Gasteiger partial charge in [0.25, 0.3) is 0 Å². The number of rotatable bonds is 7. The molecular formula is C24H32N4S2. The van der Waals surface area contributed by atoms with Crippen molar-refractivity contribution < 1.29 is 0 Å². The molecular weight excluding hydrogens is 408 g/mol. The third-order valence-electron chi connectivity index (χ3n) is 5.88. The molecule has 0 aromatic heterocycles. The topological polar surface area (TPSA) is 51.2 Å².